The highest BCUT2D eigenvalue weighted by molar-refractivity contribution is 7.89. The molecule has 11 heteroatoms. The van der Waals surface area contributed by atoms with Gasteiger partial charge in [-0.3, -0.25) is 9.59 Å². The summed E-state index contributed by atoms with van der Waals surface area (Å²) >= 11 is 12.1. The third-order valence-electron chi connectivity index (χ3n) is 5.00. The number of nitrogens with zero attached hydrogens (tertiary/aromatic N) is 2. The van der Waals surface area contributed by atoms with Crippen molar-refractivity contribution in [3.05, 3.63) is 94.0 Å². The lowest BCUT2D eigenvalue weighted by atomic mass is 10.1. The van der Waals surface area contributed by atoms with Gasteiger partial charge in [-0.15, -0.1) is 0 Å². The van der Waals surface area contributed by atoms with E-state index in [9.17, 15) is 18.0 Å². The predicted octanol–water partition coefficient (Wildman–Crippen LogP) is 4.34. The summed E-state index contributed by atoms with van der Waals surface area (Å²) in [7, 11) is -4.03. The second-order valence-corrected chi connectivity index (χ2v) is 10.4. The molecule has 0 aliphatic rings. The minimum absolute atomic E-state index is 0.00771. The molecule has 2 N–H and O–H groups in total. The molecule has 0 radical (unpaired) electrons. The molecule has 0 saturated heterocycles. The van der Waals surface area contributed by atoms with Gasteiger partial charge in [0.2, 0.25) is 15.9 Å². The van der Waals surface area contributed by atoms with Crippen molar-refractivity contribution in [2.45, 2.75) is 18.2 Å². The molecular formula is C25H24Cl2N4O4S. The molecule has 0 spiro atoms. The van der Waals surface area contributed by atoms with E-state index < -0.39 is 22.5 Å². The number of amides is 2. The number of hydrazone groups is 1. The minimum Gasteiger partial charge on any atom is -0.326 e. The SMILES string of the molecule is CC(=O)Nc1ccc(S(=O)(=O)N(CCc2ccccc2)CC(=O)N/N=C/c2cccc(Cl)c2Cl)cc1. The van der Waals surface area contributed by atoms with Gasteiger partial charge in [0.15, 0.2) is 0 Å². The van der Waals surface area contributed by atoms with Crippen LogP contribution in [0.2, 0.25) is 10.0 Å². The first-order valence-electron chi connectivity index (χ1n) is 10.8. The Morgan fingerprint density at radius 3 is 2.33 bits per heavy atom. The third-order valence-corrected chi connectivity index (χ3v) is 7.69. The molecule has 2 amide bonds. The van der Waals surface area contributed by atoms with Crippen LogP contribution in [0, 0.1) is 0 Å². The van der Waals surface area contributed by atoms with Crippen molar-refractivity contribution in [1.82, 2.24) is 9.73 Å². The number of hydrogen-bond acceptors (Lipinski definition) is 5. The maximum Gasteiger partial charge on any atom is 0.255 e. The molecule has 0 saturated carbocycles. The zero-order valence-corrected chi connectivity index (χ0v) is 21.6. The molecule has 0 heterocycles. The molecule has 3 aromatic carbocycles. The fourth-order valence-corrected chi connectivity index (χ4v) is 4.99. The standard InChI is InChI=1S/C25H24Cl2N4O4S/c1-18(32)29-21-10-12-22(13-11-21)36(34,35)31(15-14-19-6-3-2-4-7-19)17-24(33)30-28-16-20-8-5-9-23(26)25(20)27/h2-13,16H,14-15,17H2,1H3,(H,29,32)(H,30,33)/b28-16+. The molecular weight excluding hydrogens is 523 g/mol. The van der Waals surface area contributed by atoms with Gasteiger partial charge in [-0.1, -0.05) is 65.7 Å². The van der Waals surface area contributed by atoms with Crippen molar-refractivity contribution in [3.63, 3.8) is 0 Å². The maximum atomic E-state index is 13.4. The Labute approximate surface area is 220 Å². The monoisotopic (exact) mass is 546 g/mol. The van der Waals surface area contributed by atoms with E-state index in [0.29, 0.717) is 22.7 Å². The predicted molar refractivity (Wildman–Crippen MR) is 142 cm³/mol. The number of anilines is 1. The molecule has 0 atom stereocenters. The Kier molecular flexibility index (Phi) is 9.60. The van der Waals surface area contributed by atoms with E-state index in [1.54, 1.807) is 18.2 Å². The van der Waals surface area contributed by atoms with E-state index in [1.165, 1.54) is 37.4 Å². The van der Waals surface area contributed by atoms with Crippen molar-refractivity contribution in [1.29, 1.82) is 0 Å². The summed E-state index contributed by atoms with van der Waals surface area (Å²) in [6, 6.07) is 20.1. The van der Waals surface area contributed by atoms with Gasteiger partial charge < -0.3 is 5.32 Å². The Hall–Kier alpha value is -3.24. The van der Waals surface area contributed by atoms with Crippen LogP contribution in [0.1, 0.15) is 18.1 Å². The molecule has 188 valence electrons. The molecule has 3 aromatic rings. The number of benzene rings is 3. The first-order valence-corrected chi connectivity index (χ1v) is 13.0. The van der Waals surface area contributed by atoms with Crippen LogP contribution in [0.15, 0.2) is 82.8 Å². The molecule has 36 heavy (non-hydrogen) atoms. The van der Waals surface area contributed by atoms with Crippen LogP contribution >= 0.6 is 23.2 Å². The van der Waals surface area contributed by atoms with Crippen molar-refractivity contribution in [2.24, 2.45) is 5.10 Å². The van der Waals surface area contributed by atoms with E-state index in [-0.39, 0.29) is 22.4 Å². The van der Waals surface area contributed by atoms with Crippen LogP contribution in [0.25, 0.3) is 0 Å². The van der Waals surface area contributed by atoms with E-state index in [1.807, 2.05) is 30.3 Å². The maximum absolute atomic E-state index is 13.4. The molecule has 0 aromatic heterocycles. The van der Waals surface area contributed by atoms with Crippen LogP contribution in [-0.4, -0.2) is 43.8 Å². The highest BCUT2D eigenvalue weighted by atomic mass is 35.5. The van der Waals surface area contributed by atoms with Crippen molar-refractivity contribution < 1.29 is 18.0 Å². The van der Waals surface area contributed by atoms with Crippen LogP contribution in [0.5, 0.6) is 0 Å². The van der Waals surface area contributed by atoms with Crippen molar-refractivity contribution in [2.75, 3.05) is 18.4 Å². The summed E-state index contributed by atoms with van der Waals surface area (Å²) in [5.41, 5.74) is 4.22. The average molecular weight is 547 g/mol. The lowest BCUT2D eigenvalue weighted by Gasteiger charge is -2.21. The fourth-order valence-electron chi connectivity index (χ4n) is 3.23. The van der Waals surface area contributed by atoms with Crippen LogP contribution in [0.3, 0.4) is 0 Å². The van der Waals surface area contributed by atoms with Gasteiger partial charge in [-0.05, 0) is 42.3 Å². The summed E-state index contributed by atoms with van der Waals surface area (Å²) in [5, 5.41) is 7.10. The number of carbonyl (C=O) groups excluding carboxylic acids is 2. The highest BCUT2D eigenvalue weighted by Gasteiger charge is 2.26. The largest absolute Gasteiger partial charge is 0.326 e. The van der Waals surface area contributed by atoms with Gasteiger partial charge in [0.05, 0.1) is 27.7 Å². The first-order chi connectivity index (χ1) is 17.2. The Morgan fingerprint density at radius 1 is 0.972 bits per heavy atom. The van der Waals surface area contributed by atoms with Gasteiger partial charge in [0.25, 0.3) is 5.91 Å². The molecule has 3 rings (SSSR count). The number of halogens is 2. The fraction of sp³-hybridized carbons (Fsp3) is 0.160. The number of nitrogens with one attached hydrogen (secondary N) is 2. The number of rotatable bonds is 10. The summed E-state index contributed by atoms with van der Waals surface area (Å²) in [6.45, 7) is 0.970. The smallest absolute Gasteiger partial charge is 0.255 e. The van der Waals surface area contributed by atoms with E-state index in [0.717, 1.165) is 9.87 Å². The lowest BCUT2D eigenvalue weighted by molar-refractivity contribution is -0.121. The Morgan fingerprint density at radius 2 is 1.67 bits per heavy atom. The van der Waals surface area contributed by atoms with Gasteiger partial charge >= 0.3 is 0 Å². The zero-order valence-electron chi connectivity index (χ0n) is 19.3. The van der Waals surface area contributed by atoms with Gasteiger partial charge in [-0.2, -0.15) is 9.41 Å². The topological polar surface area (TPSA) is 108 Å². The van der Waals surface area contributed by atoms with Gasteiger partial charge in [0, 0.05) is 24.7 Å². The quantitative estimate of drug-likeness (QED) is 0.291. The van der Waals surface area contributed by atoms with Crippen LogP contribution in [0.4, 0.5) is 5.69 Å². The second-order valence-electron chi connectivity index (χ2n) is 7.72. The summed E-state index contributed by atoms with van der Waals surface area (Å²) in [4.78, 5) is 23.9. The minimum atomic E-state index is -4.03. The number of hydrogen-bond donors (Lipinski definition) is 2. The summed E-state index contributed by atoms with van der Waals surface area (Å²) in [6.07, 6.45) is 1.73. The Balaban J connectivity index is 1.77. The number of carbonyl (C=O) groups is 2. The normalized spacial score (nSPS) is 11.6. The molecule has 0 bridgehead atoms. The van der Waals surface area contributed by atoms with Gasteiger partial charge in [0.1, 0.15) is 0 Å². The highest BCUT2D eigenvalue weighted by Crippen LogP contribution is 2.24. The molecule has 0 aliphatic carbocycles. The van der Waals surface area contributed by atoms with Crippen molar-refractivity contribution in [3.8, 4) is 0 Å². The van der Waals surface area contributed by atoms with Gasteiger partial charge in [-0.25, -0.2) is 13.8 Å². The van der Waals surface area contributed by atoms with Crippen molar-refractivity contribution >= 4 is 56.9 Å². The van der Waals surface area contributed by atoms with Crippen LogP contribution < -0.4 is 10.7 Å². The average Bonchev–Trinajstić information content (AvgIpc) is 2.85. The molecule has 0 aliphatic heterocycles. The van der Waals surface area contributed by atoms with E-state index in [4.69, 9.17) is 23.2 Å². The first kappa shape index (κ1) is 27.3. The number of sulfonamides is 1. The molecule has 0 unspecified atom stereocenters. The lowest BCUT2D eigenvalue weighted by Crippen LogP contribution is -2.40. The summed E-state index contributed by atoms with van der Waals surface area (Å²) < 4.78 is 27.9. The molecule has 0 fully saturated rings. The third kappa shape index (κ3) is 7.63. The summed E-state index contributed by atoms with van der Waals surface area (Å²) in [5.74, 6) is -0.901. The Bertz CT molecular complexity index is 1350. The second kappa shape index (κ2) is 12.6. The van der Waals surface area contributed by atoms with E-state index >= 15 is 0 Å². The zero-order chi connectivity index (χ0) is 26.1. The molecule has 8 nitrogen and oxygen atoms in total. The van der Waals surface area contributed by atoms with E-state index in [2.05, 4.69) is 15.8 Å². The van der Waals surface area contributed by atoms with Crippen LogP contribution in [-0.2, 0) is 26.0 Å².